The molecule has 6 heteroatoms. The first-order valence-electron chi connectivity index (χ1n) is 9.36. The summed E-state index contributed by atoms with van der Waals surface area (Å²) < 4.78 is 26.5. The molecule has 0 radical (unpaired) electrons. The first kappa shape index (κ1) is 20.4. The molecule has 0 bridgehead atoms. The van der Waals surface area contributed by atoms with Crippen molar-refractivity contribution in [3.05, 3.63) is 48.1 Å². The zero-order valence-electron chi connectivity index (χ0n) is 15.8. The Labute approximate surface area is 155 Å². The highest BCUT2D eigenvalue weighted by molar-refractivity contribution is 5.80. The van der Waals surface area contributed by atoms with E-state index in [-0.39, 0.29) is 5.92 Å². The Kier molecular flexibility index (Phi) is 8.04. The molecule has 0 spiro atoms. The molecule has 0 aromatic heterocycles. The van der Waals surface area contributed by atoms with Gasteiger partial charge in [-0.05, 0) is 37.5 Å². The number of piperidine rings is 1. The van der Waals surface area contributed by atoms with E-state index in [2.05, 4.69) is 27.1 Å². The van der Waals surface area contributed by atoms with Gasteiger partial charge in [-0.15, -0.1) is 6.58 Å². The molecule has 1 heterocycles. The lowest BCUT2D eigenvalue weighted by Gasteiger charge is -2.32. The lowest BCUT2D eigenvalue weighted by Crippen LogP contribution is -2.48. The van der Waals surface area contributed by atoms with Crippen LogP contribution in [0.3, 0.4) is 0 Å². The minimum atomic E-state index is -0.817. The van der Waals surface area contributed by atoms with E-state index in [0.29, 0.717) is 12.6 Å². The summed E-state index contributed by atoms with van der Waals surface area (Å²) >= 11 is 0. The number of nitrogens with zero attached hydrogens (tertiary/aromatic N) is 2. The average molecular weight is 364 g/mol. The van der Waals surface area contributed by atoms with Crippen molar-refractivity contribution in [2.24, 2.45) is 4.99 Å². The van der Waals surface area contributed by atoms with Crippen molar-refractivity contribution < 1.29 is 8.78 Å². The van der Waals surface area contributed by atoms with E-state index < -0.39 is 11.6 Å². The van der Waals surface area contributed by atoms with Gasteiger partial charge in [0, 0.05) is 44.7 Å². The SMILES string of the molecule is C=CCN1CCC(NC(=NCC(C)c2ccc(F)c(F)c2)NCC)CC1. The molecular formula is C20H30F2N4. The van der Waals surface area contributed by atoms with Crippen LogP contribution in [0.25, 0.3) is 0 Å². The number of halogens is 2. The van der Waals surface area contributed by atoms with Crippen LogP contribution >= 0.6 is 0 Å². The molecule has 1 atom stereocenters. The molecule has 1 saturated heterocycles. The quantitative estimate of drug-likeness (QED) is 0.443. The minimum Gasteiger partial charge on any atom is -0.357 e. The number of hydrogen-bond donors (Lipinski definition) is 2. The van der Waals surface area contributed by atoms with Crippen LogP contribution in [0, 0.1) is 11.6 Å². The second kappa shape index (κ2) is 10.3. The summed E-state index contributed by atoms with van der Waals surface area (Å²) in [5.41, 5.74) is 0.751. The van der Waals surface area contributed by atoms with Crippen molar-refractivity contribution in [1.82, 2.24) is 15.5 Å². The Morgan fingerprint density at radius 2 is 2.08 bits per heavy atom. The third kappa shape index (κ3) is 6.09. The fourth-order valence-electron chi connectivity index (χ4n) is 3.11. The molecule has 2 N–H and O–H groups in total. The maximum absolute atomic E-state index is 13.4. The van der Waals surface area contributed by atoms with Gasteiger partial charge in [0.25, 0.3) is 0 Å². The summed E-state index contributed by atoms with van der Waals surface area (Å²) in [6.07, 6.45) is 4.08. The molecule has 4 nitrogen and oxygen atoms in total. The summed E-state index contributed by atoms with van der Waals surface area (Å²) in [6, 6.07) is 4.44. The predicted molar refractivity (Wildman–Crippen MR) is 104 cm³/mol. The molecule has 0 amide bonds. The van der Waals surface area contributed by atoms with E-state index in [1.54, 1.807) is 6.07 Å². The third-order valence-electron chi connectivity index (χ3n) is 4.70. The van der Waals surface area contributed by atoms with E-state index in [0.717, 1.165) is 50.5 Å². The lowest BCUT2D eigenvalue weighted by atomic mass is 10.0. The first-order valence-corrected chi connectivity index (χ1v) is 9.36. The van der Waals surface area contributed by atoms with Gasteiger partial charge in [0.2, 0.25) is 0 Å². The van der Waals surface area contributed by atoms with Crippen LogP contribution in [0.15, 0.2) is 35.8 Å². The highest BCUT2D eigenvalue weighted by atomic mass is 19.2. The van der Waals surface area contributed by atoms with Gasteiger partial charge in [0.05, 0.1) is 0 Å². The van der Waals surface area contributed by atoms with Crippen molar-refractivity contribution in [2.75, 3.05) is 32.7 Å². The van der Waals surface area contributed by atoms with Crippen LogP contribution < -0.4 is 10.6 Å². The van der Waals surface area contributed by atoms with Gasteiger partial charge in [0.1, 0.15) is 0 Å². The molecule has 1 aliphatic heterocycles. The number of rotatable bonds is 7. The molecule has 0 saturated carbocycles. The number of aliphatic imine (C=N–C) groups is 1. The Bertz CT molecular complexity index is 610. The van der Waals surface area contributed by atoms with E-state index in [1.165, 1.54) is 12.1 Å². The normalized spacial score (nSPS) is 17.8. The van der Waals surface area contributed by atoms with Crippen molar-refractivity contribution in [2.45, 2.75) is 38.6 Å². The number of guanidine groups is 1. The molecule has 26 heavy (non-hydrogen) atoms. The standard InChI is InChI=1S/C20H30F2N4/c1-4-10-26-11-8-17(9-12-26)25-20(23-5-2)24-14-15(3)16-6-7-18(21)19(22)13-16/h4,6-7,13,15,17H,1,5,8-12,14H2,2-3H3,(H2,23,24,25). The number of likely N-dealkylation sites (tertiary alicyclic amines) is 1. The zero-order valence-corrected chi connectivity index (χ0v) is 15.8. The summed E-state index contributed by atoms with van der Waals surface area (Å²) in [5, 5.41) is 6.77. The second-order valence-electron chi connectivity index (χ2n) is 6.80. The lowest BCUT2D eigenvalue weighted by molar-refractivity contribution is 0.225. The van der Waals surface area contributed by atoms with Gasteiger partial charge < -0.3 is 10.6 Å². The fourth-order valence-corrected chi connectivity index (χ4v) is 3.11. The number of benzene rings is 1. The Morgan fingerprint density at radius 1 is 1.35 bits per heavy atom. The second-order valence-corrected chi connectivity index (χ2v) is 6.80. The highest BCUT2D eigenvalue weighted by Crippen LogP contribution is 2.18. The maximum Gasteiger partial charge on any atom is 0.191 e. The van der Waals surface area contributed by atoms with Gasteiger partial charge in [-0.25, -0.2) is 8.78 Å². The molecular weight excluding hydrogens is 334 g/mol. The first-order chi connectivity index (χ1) is 12.5. The van der Waals surface area contributed by atoms with Gasteiger partial charge in [-0.1, -0.05) is 19.1 Å². The van der Waals surface area contributed by atoms with Crippen molar-refractivity contribution in [3.63, 3.8) is 0 Å². The van der Waals surface area contributed by atoms with E-state index in [4.69, 9.17) is 0 Å². The third-order valence-corrected chi connectivity index (χ3v) is 4.70. The van der Waals surface area contributed by atoms with Gasteiger partial charge in [0.15, 0.2) is 17.6 Å². The zero-order chi connectivity index (χ0) is 18.9. The molecule has 0 aliphatic carbocycles. The monoisotopic (exact) mass is 364 g/mol. The smallest absolute Gasteiger partial charge is 0.191 e. The van der Waals surface area contributed by atoms with Crippen molar-refractivity contribution in [1.29, 1.82) is 0 Å². The summed E-state index contributed by atoms with van der Waals surface area (Å²) in [7, 11) is 0. The molecule has 1 fully saturated rings. The van der Waals surface area contributed by atoms with Crippen molar-refractivity contribution in [3.8, 4) is 0 Å². The maximum atomic E-state index is 13.4. The van der Waals surface area contributed by atoms with Crippen LogP contribution in [-0.2, 0) is 0 Å². The van der Waals surface area contributed by atoms with E-state index in [9.17, 15) is 8.78 Å². The minimum absolute atomic E-state index is 0.00925. The molecule has 1 aliphatic rings. The predicted octanol–water partition coefficient (Wildman–Crippen LogP) is 3.27. The van der Waals surface area contributed by atoms with E-state index in [1.807, 2.05) is 19.9 Å². The number of nitrogens with one attached hydrogen (secondary N) is 2. The van der Waals surface area contributed by atoms with Crippen LogP contribution in [0.2, 0.25) is 0 Å². The Hall–Kier alpha value is -1.95. The van der Waals surface area contributed by atoms with Crippen LogP contribution in [-0.4, -0.2) is 49.6 Å². The summed E-state index contributed by atoms with van der Waals surface area (Å²) in [5.74, 6) is -0.837. The van der Waals surface area contributed by atoms with Gasteiger partial charge in [-0.3, -0.25) is 9.89 Å². The molecule has 144 valence electrons. The fraction of sp³-hybridized carbons (Fsp3) is 0.550. The molecule has 2 rings (SSSR count). The van der Waals surface area contributed by atoms with Crippen molar-refractivity contribution >= 4 is 5.96 Å². The molecule has 1 aromatic carbocycles. The molecule has 1 unspecified atom stereocenters. The topological polar surface area (TPSA) is 39.7 Å². The average Bonchev–Trinajstić information content (AvgIpc) is 2.63. The number of hydrogen-bond acceptors (Lipinski definition) is 2. The van der Waals surface area contributed by atoms with Crippen LogP contribution in [0.1, 0.15) is 38.2 Å². The van der Waals surface area contributed by atoms with Gasteiger partial charge in [-0.2, -0.15) is 0 Å². The Balaban J connectivity index is 1.91. The van der Waals surface area contributed by atoms with Crippen LogP contribution in [0.4, 0.5) is 8.78 Å². The summed E-state index contributed by atoms with van der Waals surface area (Å²) in [6.45, 7) is 12.1. The molecule has 1 aromatic rings. The van der Waals surface area contributed by atoms with Crippen LogP contribution in [0.5, 0.6) is 0 Å². The van der Waals surface area contributed by atoms with E-state index >= 15 is 0 Å². The summed E-state index contributed by atoms with van der Waals surface area (Å²) in [4.78, 5) is 7.03. The highest BCUT2D eigenvalue weighted by Gasteiger charge is 2.19. The largest absolute Gasteiger partial charge is 0.357 e. The Morgan fingerprint density at radius 3 is 2.69 bits per heavy atom. The van der Waals surface area contributed by atoms with Gasteiger partial charge >= 0.3 is 0 Å².